The maximum atomic E-state index is 11.9. The molecule has 1 fully saturated rings. The van der Waals surface area contributed by atoms with Crippen LogP contribution in [0.2, 0.25) is 0 Å². The first-order chi connectivity index (χ1) is 13.1. The highest BCUT2D eigenvalue weighted by atomic mass is 16.5. The number of fused-ring (bicyclic) bond motifs is 1. The van der Waals surface area contributed by atoms with Crippen molar-refractivity contribution in [3.63, 3.8) is 0 Å². The minimum absolute atomic E-state index is 0.278. The SMILES string of the molecule is COc1ccc(N2CCN(Cc3cc(=O)oc4cc(C)ccc34)CC2)cc1. The summed E-state index contributed by atoms with van der Waals surface area (Å²) >= 11 is 0. The first-order valence-electron chi connectivity index (χ1n) is 9.27. The maximum Gasteiger partial charge on any atom is 0.336 e. The summed E-state index contributed by atoms with van der Waals surface area (Å²) < 4.78 is 10.6. The van der Waals surface area contributed by atoms with Crippen molar-refractivity contribution in [2.24, 2.45) is 0 Å². The fourth-order valence-corrected chi connectivity index (χ4v) is 3.67. The Labute approximate surface area is 158 Å². The van der Waals surface area contributed by atoms with Gasteiger partial charge >= 0.3 is 5.63 Å². The zero-order chi connectivity index (χ0) is 18.8. The Hall–Kier alpha value is -2.79. The van der Waals surface area contributed by atoms with Gasteiger partial charge in [-0.15, -0.1) is 0 Å². The van der Waals surface area contributed by atoms with Crippen LogP contribution in [0.25, 0.3) is 11.0 Å². The van der Waals surface area contributed by atoms with E-state index >= 15 is 0 Å². The normalized spacial score (nSPS) is 15.3. The Morgan fingerprint density at radius 2 is 1.74 bits per heavy atom. The molecular weight excluding hydrogens is 340 g/mol. The molecule has 1 aromatic heterocycles. The average molecular weight is 364 g/mol. The standard InChI is InChI=1S/C22H24N2O3/c1-16-3-8-20-17(14-22(25)27-21(20)13-16)15-23-9-11-24(12-10-23)18-4-6-19(26-2)7-5-18/h3-8,13-14H,9-12,15H2,1-2H3. The summed E-state index contributed by atoms with van der Waals surface area (Å²) in [5, 5.41) is 1.03. The van der Waals surface area contributed by atoms with E-state index in [0.717, 1.165) is 55.0 Å². The summed E-state index contributed by atoms with van der Waals surface area (Å²) in [7, 11) is 1.68. The summed E-state index contributed by atoms with van der Waals surface area (Å²) in [6, 6.07) is 15.9. The smallest absolute Gasteiger partial charge is 0.336 e. The summed E-state index contributed by atoms with van der Waals surface area (Å²) in [6.07, 6.45) is 0. The number of rotatable bonds is 4. The predicted octanol–water partition coefficient (Wildman–Crippen LogP) is 3.43. The van der Waals surface area contributed by atoms with Gasteiger partial charge in [0.25, 0.3) is 0 Å². The van der Waals surface area contributed by atoms with Gasteiger partial charge in [-0.2, -0.15) is 0 Å². The molecule has 0 radical (unpaired) electrons. The van der Waals surface area contributed by atoms with Crippen LogP contribution >= 0.6 is 0 Å². The number of hydrogen-bond acceptors (Lipinski definition) is 5. The highest BCUT2D eigenvalue weighted by Gasteiger charge is 2.18. The van der Waals surface area contributed by atoms with Gasteiger partial charge < -0.3 is 14.1 Å². The minimum Gasteiger partial charge on any atom is -0.497 e. The molecule has 0 atom stereocenters. The van der Waals surface area contributed by atoms with Crippen LogP contribution in [-0.4, -0.2) is 38.2 Å². The summed E-state index contributed by atoms with van der Waals surface area (Å²) in [5.41, 5.74) is 3.75. The molecule has 4 rings (SSSR count). The molecule has 1 aliphatic rings. The van der Waals surface area contributed by atoms with Crippen LogP contribution in [-0.2, 0) is 6.54 Å². The van der Waals surface area contributed by atoms with Gasteiger partial charge in [0.1, 0.15) is 11.3 Å². The van der Waals surface area contributed by atoms with Crippen molar-refractivity contribution in [3.05, 3.63) is 70.1 Å². The van der Waals surface area contributed by atoms with E-state index in [1.54, 1.807) is 13.2 Å². The number of hydrogen-bond donors (Lipinski definition) is 0. The number of nitrogens with zero attached hydrogens (tertiary/aromatic N) is 2. The monoisotopic (exact) mass is 364 g/mol. The molecule has 140 valence electrons. The lowest BCUT2D eigenvalue weighted by atomic mass is 10.1. The number of ether oxygens (including phenoxy) is 1. The molecule has 5 nitrogen and oxygen atoms in total. The third-order valence-electron chi connectivity index (χ3n) is 5.19. The Kier molecular flexibility index (Phi) is 4.86. The van der Waals surface area contributed by atoms with Gasteiger partial charge in [0.05, 0.1) is 7.11 Å². The molecule has 1 aliphatic heterocycles. The van der Waals surface area contributed by atoms with Crippen LogP contribution in [0, 0.1) is 6.92 Å². The van der Waals surface area contributed by atoms with E-state index in [2.05, 4.69) is 34.1 Å². The van der Waals surface area contributed by atoms with Crippen molar-refractivity contribution < 1.29 is 9.15 Å². The summed E-state index contributed by atoms with van der Waals surface area (Å²) in [6.45, 7) is 6.61. The fraction of sp³-hybridized carbons (Fsp3) is 0.318. The van der Waals surface area contributed by atoms with Gasteiger partial charge in [-0.25, -0.2) is 4.79 Å². The molecule has 0 unspecified atom stereocenters. The van der Waals surface area contributed by atoms with Gasteiger partial charge in [-0.05, 0) is 48.4 Å². The second-order valence-electron chi connectivity index (χ2n) is 7.05. The van der Waals surface area contributed by atoms with Crippen molar-refractivity contribution in [3.8, 4) is 5.75 Å². The van der Waals surface area contributed by atoms with Gasteiger partial charge in [0.15, 0.2) is 0 Å². The van der Waals surface area contributed by atoms with Gasteiger partial charge in [0, 0.05) is 49.9 Å². The van der Waals surface area contributed by atoms with Crippen LogP contribution in [0.1, 0.15) is 11.1 Å². The van der Waals surface area contributed by atoms with Crippen LogP contribution < -0.4 is 15.3 Å². The maximum absolute atomic E-state index is 11.9. The zero-order valence-corrected chi connectivity index (χ0v) is 15.8. The second kappa shape index (κ2) is 7.45. The highest BCUT2D eigenvalue weighted by molar-refractivity contribution is 5.80. The number of aryl methyl sites for hydroxylation is 1. The lowest BCUT2D eigenvalue weighted by Gasteiger charge is -2.36. The van der Waals surface area contributed by atoms with Crippen LogP contribution in [0.15, 0.2) is 57.7 Å². The third-order valence-corrected chi connectivity index (χ3v) is 5.19. The first kappa shape index (κ1) is 17.6. The Bertz CT molecular complexity index is 987. The largest absolute Gasteiger partial charge is 0.497 e. The first-order valence-corrected chi connectivity index (χ1v) is 9.27. The number of piperazine rings is 1. The van der Waals surface area contributed by atoms with Crippen LogP contribution in [0.4, 0.5) is 5.69 Å². The quantitative estimate of drug-likeness (QED) is 0.664. The molecule has 27 heavy (non-hydrogen) atoms. The van der Waals surface area contributed by atoms with E-state index < -0.39 is 0 Å². The average Bonchev–Trinajstić information content (AvgIpc) is 2.68. The molecule has 0 amide bonds. The number of benzene rings is 2. The van der Waals surface area contributed by atoms with Crippen molar-refractivity contribution in [1.82, 2.24) is 4.90 Å². The summed E-state index contributed by atoms with van der Waals surface area (Å²) in [4.78, 5) is 16.7. The van der Waals surface area contributed by atoms with Crippen LogP contribution in [0.5, 0.6) is 5.75 Å². The molecular formula is C22H24N2O3. The lowest BCUT2D eigenvalue weighted by molar-refractivity contribution is 0.250. The fourth-order valence-electron chi connectivity index (χ4n) is 3.67. The van der Waals surface area contributed by atoms with E-state index in [4.69, 9.17) is 9.15 Å². The molecule has 0 saturated carbocycles. The molecule has 3 aromatic rings. The molecule has 2 heterocycles. The molecule has 0 N–H and O–H groups in total. The van der Waals surface area contributed by atoms with Gasteiger partial charge in [-0.3, -0.25) is 4.90 Å². The minimum atomic E-state index is -0.278. The van der Waals surface area contributed by atoms with Crippen molar-refractivity contribution >= 4 is 16.7 Å². The third kappa shape index (κ3) is 3.83. The Morgan fingerprint density at radius 1 is 1.00 bits per heavy atom. The van der Waals surface area contributed by atoms with E-state index in [9.17, 15) is 4.79 Å². The molecule has 0 spiro atoms. The molecule has 1 saturated heterocycles. The van der Waals surface area contributed by atoms with E-state index in [0.29, 0.717) is 5.58 Å². The molecule has 5 heteroatoms. The Balaban J connectivity index is 1.46. The number of methoxy groups -OCH3 is 1. The number of anilines is 1. The molecule has 0 aliphatic carbocycles. The highest BCUT2D eigenvalue weighted by Crippen LogP contribution is 2.23. The van der Waals surface area contributed by atoms with Gasteiger partial charge in [0.2, 0.25) is 0 Å². The van der Waals surface area contributed by atoms with E-state index in [1.165, 1.54) is 5.69 Å². The van der Waals surface area contributed by atoms with Crippen LogP contribution in [0.3, 0.4) is 0 Å². The van der Waals surface area contributed by atoms with Gasteiger partial charge in [-0.1, -0.05) is 12.1 Å². The van der Waals surface area contributed by atoms with E-state index in [-0.39, 0.29) is 5.63 Å². The van der Waals surface area contributed by atoms with Crippen molar-refractivity contribution in [2.75, 3.05) is 38.2 Å². The van der Waals surface area contributed by atoms with Crippen molar-refractivity contribution in [1.29, 1.82) is 0 Å². The summed E-state index contributed by atoms with van der Waals surface area (Å²) in [5.74, 6) is 0.877. The Morgan fingerprint density at radius 3 is 2.44 bits per heavy atom. The molecule has 2 aromatic carbocycles. The van der Waals surface area contributed by atoms with Crippen molar-refractivity contribution in [2.45, 2.75) is 13.5 Å². The topological polar surface area (TPSA) is 45.9 Å². The molecule has 0 bridgehead atoms. The zero-order valence-electron chi connectivity index (χ0n) is 15.8. The predicted molar refractivity (Wildman–Crippen MR) is 108 cm³/mol. The lowest BCUT2D eigenvalue weighted by Crippen LogP contribution is -2.46. The van der Waals surface area contributed by atoms with E-state index in [1.807, 2.05) is 25.1 Å². The second-order valence-corrected chi connectivity index (χ2v) is 7.05.